The zero-order chi connectivity index (χ0) is 12.3. The number of ether oxygens (including phenoxy) is 1. The Kier molecular flexibility index (Phi) is 3.73. The monoisotopic (exact) mass is 238 g/mol. The second-order valence-electron chi connectivity index (χ2n) is 4.60. The van der Waals surface area contributed by atoms with Gasteiger partial charge in [-0.2, -0.15) is 10.1 Å². The number of anilines is 1. The Balaban J connectivity index is 1.90. The molecule has 1 atom stereocenters. The molecule has 0 unspecified atom stereocenters. The van der Waals surface area contributed by atoms with Gasteiger partial charge in [0.25, 0.3) is 0 Å². The van der Waals surface area contributed by atoms with Crippen molar-refractivity contribution in [1.29, 1.82) is 0 Å². The molecule has 0 saturated carbocycles. The molecule has 1 aromatic heterocycles. The number of hydrogen-bond acceptors (Lipinski definition) is 4. The van der Waals surface area contributed by atoms with E-state index in [2.05, 4.69) is 15.4 Å². The van der Waals surface area contributed by atoms with Gasteiger partial charge in [-0.05, 0) is 26.2 Å². The smallest absolute Gasteiger partial charge is 0.228 e. The highest BCUT2D eigenvalue weighted by Gasteiger charge is 2.20. The van der Waals surface area contributed by atoms with Crippen molar-refractivity contribution < 1.29 is 9.53 Å². The first-order valence-electron chi connectivity index (χ1n) is 5.94. The van der Waals surface area contributed by atoms with Crippen LogP contribution in [0.15, 0.2) is 6.33 Å². The van der Waals surface area contributed by atoms with E-state index in [-0.39, 0.29) is 11.9 Å². The van der Waals surface area contributed by atoms with E-state index in [1.807, 2.05) is 13.8 Å². The maximum absolute atomic E-state index is 11.8. The molecular weight excluding hydrogens is 220 g/mol. The minimum Gasteiger partial charge on any atom is -0.381 e. The Morgan fingerprint density at radius 2 is 2.53 bits per heavy atom. The number of nitrogens with zero attached hydrogens (tertiary/aromatic N) is 3. The molecule has 1 saturated heterocycles. The number of rotatable bonds is 4. The number of carbonyl (C=O) groups is 1. The third-order valence-electron chi connectivity index (χ3n) is 2.81. The van der Waals surface area contributed by atoms with Crippen LogP contribution in [0, 0.1) is 5.92 Å². The minimum absolute atomic E-state index is 0.0181. The molecule has 1 fully saturated rings. The molecule has 6 heteroatoms. The summed E-state index contributed by atoms with van der Waals surface area (Å²) in [6.45, 7) is 5.44. The minimum atomic E-state index is -0.0181. The van der Waals surface area contributed by atoms with Gasteiger partial charge in [0.15, 0.2) is 0 Å². The summed E-state index contributed by atoms with van der Waals surface area (Å²) in [5.74, 6) is 0.838. The Bertz CT molecular complexity index is 383. The molecular formula is C11H18N4O2. The van der Waals surface area contributed by atoms with Crippen molar-refractivity contribution in [3.63, 3.8) is 0 Å². The lowest BCUT2D eigenvalue weighted by Crippen LogP contribution is -2.20. The van der Waals surface area contributed by atoms with Crippen molar-refractivity contribution in [1.82, 2.24) is 14.8 Å². The van der Waals surface area contributed by atoms with Crippen LogP contribution < -0.4 is 5.32 Å². The summed E-state index contributed by atoms with van der Waals surface area (Å²) >= 11 is 0. The molecule has 0 aromatic carbocycles. The van der Waals surface area contributed by atoms with Crippen LogP contribution in [-0.2, 0) is 9.53 Å². The van der Waals surface area contributed by atoms with Crippen molar-refractivity contribution >= 4 is 11.9 Å². The van der Waals surface area contributed by atoms with Crippen LogP contribution in [0.5, 0.6) is 0 Å². The average molecular weight is 238 g/mol. The van der Waals surface area contributed by atoms with E-state index in [0.29, 0.717) is 24.9 Å². The maximum Gasteiger partial charge on any atom is 0.228 e. The van der Waals surface area contributed by atoms with Gasteiger partial charge in [-0.15, -0.1) is 0 Å². The quantitative estimate of drug-likeness (QED) is 0.856. The fraction of sp³-hybridized carbons (Fsp3) is 0.727. The Morgan fingerprint density at radius 3 is 3.18 bits per heavy atom. The third kappa shape index (κ3) is 3.03. The zero-order valence-corrected chi connectivity index (χ0v) is 10.2. The molecule has 94 valence electrons. The molecule has 6 nitrogen and oxygen atoms in total. The van der Waals surface area contributed by atoms with E-state index >= 15 is 0 Å². The molecule has 0 radical (unpaired) electrons. The Morgan fingerprint density at radius 1 is 1.71 bits per heavy atom. The van der Waals surface area contributed by atoms with Crippen LogP contribution in [-0.4, -0.2) is 33.9 Å². The van der Waals surface area contributed by atoms with E-state index in [1.165, 1.54) is 6.33 Å². The Hall–Kier alpha value is -1.43. The van der Waals surface area contributed by atoms with Gasteiger partial charge in [-0.25, -0.2) is 4.68 Å². The predicted octanol–water partition coefficient (Wildman–Crippen LogP) is 1.22. The van der Waals surface area contributed by atoms with Crippen LogP contribution >= 0.6 is 0 Å². The van der Waals surface area contributed by atoms with E-state index in [1.54, 1.807) is 4.68 Å². The lowest BCUT2D eigenvalue weighted by molar-refractivity contribution is -0.117. The van der Waals surface area contributed by atoms with Gasteiger partial charge < -0.3 is 4.74 Å². The van der Waals surface area contributed by atoms with Crippen molar-refractivity contribution in [3.05, 3.63) is 6.33 Å². The lowest BCUT2D eigenvalue weighted by Gasteiger charge is -2.11. The fourth-order valence-corrected chi connectivity index (χ4v) is 1.90. The molecule has 1 aromatic rings. The van der Waals surface area contributed by atoms with Crippen molar-refractivity contribution in [2.45, 2.75) is 32.7 Å². The number of carbonyl (C=O) groups excluding carboxylic acids is 1. The summed E-state index contributed by atoms with van der Waals surface area (Å²) in [5.41, 5.74) is 0. The van der Waals surface area contributed by atoms with Gasteiger partial charge >= 0.3 is 0 Å². The second-order valence-corrected chi connectivity index (χ2v) is 4.60. The van der Waals surface area contributed by atoms with Gasteiger partial charge in [0.2, 0.25) is 11.9 Å². The maximum atomic E-state index is 11.8. The standard InChI is InChI=1S/C11H18N4O2/c1-8(2)15-11(12-7-13-15)14-10(16)5-9-3-4-17-6-9/h7-9H,3-6H2,1-2H3,(H,12,13,14,16)/t9-/m1/s1. The van der Waals surface area contributed by atoms with Crippen LogP contribution in [0.1, 0.15) is 32.7 Å². The van der Waals surface area contributed by atoms with Gasteiger partial charge in [-0.3, -0.25) is 10.1 Å². The first-order chi connectivity index (χ1) is 8.16. The molecule has 0 aliphatic carbocycles. The van der Waals surface area contributed by atoms with Crippen molar-refractivity contribution in [3.8, 4) is 0 Å². The summed E-state index contributed by atoms with van der Waals surface area (Å²) in [4.78, 5) is 15.8. The van der Waals surface area contributed by atoms with Crippen LogP contribution in [0.3, 0.4) is 0 Å². The number of hydrogen-bond donors (Lipinski definition) is 1. The highest BCUT2D eigenvalue weighted by molar-refractivity contribution is 5.89. The summed E-state index contributed by atoms with van der Waals surface area (Å²) in [6, 6.07) is 0.183. The van der Waals surface area contributed by atoms with Crippen LogP contribution in [0.2, 0.25) is 0 Å². The fourth-order valence-electron chi connectivity index (χ4n) is 1.90. The highest BCUT2D eigenvalue weighted by atomic mass is 16.5. The van der Waals surface area contributed by atoms with E-state index in [0.717, 1.165) is 13.0 Å². The van der Waals surface area contributed by atoms with E-state index in [9.17, 15) is 4.79 Å². The molecule has 0 bridgehead atoms. The molecule has 0 spiro atoms. The van der Waals surface area contributed by atoms with Crippen molar-refractivity contribution in [2.24, 2.45) is 5.92 Å². The summed E-state index contributed by atoms with van der Waals surface area (Å²) in [5, 5.41) is 6.86. The van der Waals surface area contributed by atoms with Gasteiger partial charge in [0.05, 0.1) is 6.04 Å². The van der Waals surface area contributed by atoms with E-state index < -0.39 is 0 Å². The molecule has 1 N–H and O–H groups in total. The summed E-state index contributed by atoms with van der Waals surface area (Å²) in [6.07, 6.45) is 2.91. The average Bonchev–Trinajstić information content (AvgIpc) is 2.88. The first kappa shape index (κ1) is 12.0. The molecule has 2 rings (SSSR count). The van der Waals surface area contributed by atoms with Gasteiger partial charge in [-0.1, -0.05) is 0 Å². The zero-order valence-electron chi connectivity index (χ0n) is 10.2. The summed E-state index contributed by atoms with van der Waals surface area (Å²) in [7, 11) is 0. The SMILES string of the molecule is CC(C)n1ncnc1NC(=O)C[C@H]1CCOC1. The van der Waals surface area contributed by atoms with Gasteiger partial charge in [0.1, 0.15) is 6.33 Å². The lowest BCUT2D eigenvalue weighted by atomic mass is 10.1. The summed E-state index contributed by atoms with van der Waals surface area (Å²) < 4.78 is 6.94. The van der Waals surface area contributed by atoms with Crippen LogP contribution in [0.25, 0.3) is 0 Å². The second kappa shape index (κ2) is 5.27. The number of nitrogens with one attached hydrogen (secondary N) is 1. The highest BCUT2D eigenvalue weighted by Crippen LogP contribution is 2.17. The van der Waals surface area contributed by atoms with E-state index in [4.69, 9.17) is 4.74 Å². The molecule has 1 aliphatic rings. The molecule has 17 heavy (non-hydrogen) atoms. The molecule has 2 heterocycles. The first-order valence-corrected chi connectivity index (χ1v) is 5.94. The van der Waals surface area contributed by atoms with Crippen LogP contribution in [0.4, 0.5) is 5.95 Å². The number of aromatic nitrogens is 3. The van der Waals surface area contributed by atoms with Gasteiger partial charge in [0, 0.05) is 19.6 Å². The molecule has 1 aliphatic heterocycles. The normalized spacial score (nSPS) is 19.8. The third-order valence-corrected chi connectivity index (χ3v) is 2.81. The Labute approximate surface area is 100 Å². The molecule has 1 amide bonds. The predicted molar refractivity (Wildman–Crippen MR) is 62.6 cm³/mol. The topological polar surface area (TPSA) is 69.0 Å². The number of amides is 1. The van der Waals surface area contributed by atoms with Crippen molar-refractivity contribution in [2.75, 3.05) is 18.5 Å². The largest absolute Gasteiger partial charge is 0.381 e.